The Hall–Kier alpha value is -3.51. The van der Waals surface area contributed by atoms with Crippen molar-refractivity contribution >= 4 is 23.7 Å². The van der Waals surface area contributed by atoms with Gasteiger partial charge in [-0.3, -0.25) is 0 Å². The van der Waals surface area contributed by atoms with E-state index in [4.69, 9.17) is 16.3 Å². The van der Waals surface area contributed by atoms with E-state index in [-0.39, 0.29) is 24.7 Å². The summed E-state index contributed by atoms with van der Waals surface area (Å²) in [7, 11) is 0. The molecule has 0 aliphatic heterocycles. The summed E-state index contributed by atoms with van der Waals surface area (Å²) in [6.45, 7) is 0.0780. The molecule has 31 heavy (non-hydrogen) atoms. The fourth-order valence-corrected chi connectivity index (χ4v) is 4.11. The molecule has 6 nitrogen and oxygen atoms in total. The van der Waals surface area contributed by atoms with E-state index >= 15 is 0 Å². The normalized spacial score (nSPS) is 13.2. The van der Waals surface area contributed by atoms with Crippen molar-refractivity contribution in [2.45, 2.75) is 18.4 Å². The van der Waals surface area contributed by atoms with Crippen molar-refractivity contribution in [3.8, 4) is 16.9 Å². The summed E-state index contributed by atoms with van der Waals surface area (Å²) in [4.78, 5) is 24.0. The number of alkyl carbamates (subject to hydrolysis) is 1. The number of rotatable bonds is 6. The predicted octanol–water partition coefficient (Wildman–Crippen LogP) is 4.58. The van der Waals surface area contributed by atoms with Crippen molar-refractivity contribution in [1.29, 1.82) is 0 Å². The van der Waals surface area contributed by atoms with E-state index in [1.54, 1.807) is 0 Å². The Morgan fingerprint density at radius 2 is 1.61 bits per heavy atom. The van der Waals surface area contributed by atoms with Crippen LogP contribution in [0, 0.1) is 0 Å². The highest BCUT2D eigenvalue weighted by atomic mass is 35.5. The van der Waals surface area contributed by atoms with Crippen molar-refractivity contribution in [1.82, 2.24) is 5.32 Å². The summed E-state index contributed by atoms with van der Waals surface area (Å²) in [5.41, 5.74) is 4.66. The van der Waals surface area contributed by atoms with Crippen LogP contribution in [0.1, 0.15) is 22.6 Å². The molecule has 1 amide bonds. The molecule has 0 heterocycles. The first kappa shape index (κ1) is 20.8. The first-order valence-electron chi connectivity index (χ1n) is 9.75. The largest absolute Gasteiger partial charge is 0.508 e. The van der Waals surface area contributed by atoms with E-state index in [9.17, 15) is 19.8 Å². The summed E-state index contributed by atoms with van der Waals surface area (Å²) in [6, 6.07) is 18.9. The molecule has 0 spiro atoms. The number of carbonyl (C=O) groups is 2. The zero-order chi connectivity index (χ0) is 22.0. The molecule has 0 fully saturated rings. The number of carbonyl (C=O) groups excluding carboxylic acids is 1. The fraction of sp³-hybridized carbons (Fsp3) is 0.167. The number of fused-ring (bicyclic) bond motifs is 3. The molecule has 3 aromatic rings. The summed E-state index contributed by atoms with van der Waals surface area (Å²) in [6.07, 6.45) is -0.970. The molecule has 0 unspecified atom stereocenters. The number of amides is 1. The van der Waals surface area contributed by atoms with E-state index in [0.717, 1.165) is 22.3 Å². The van der Waals surface area contributed by atoms with E-state index in [1.165, 1.54) is 18.2 Å². The Balaban J connectivity index is 1.45. The maximum absolute atomic E-state index is 12.4. The molecule has 1 aliphatic rings. The van der Waals surface area contributed by atoms with Crippen LogP contribution in [-0.4, -0.2) is 34.9 Å². The molecule has 0 saturated heterocycles. The van der Waals surface area contributed by atoms with Crippen LogP contribution in [0.4, 0.5) is 4.79 Å². The van der Waals surface area contributed by atoms with Gasteiger partial charge in [0.15, 0.2) is 0 Å². The van der Waals surface area contributed by atoms with Gasteiger partial charge in [0, 0.05) is 17.4 Å². The second kappa shape index (κ2) is 8.70. The van der Waals surface area contributed by atoms with Crippen molar-refractivity contribution in [3.05, 3.63) is 88.4 Å². The van der Waals surface area contributed by atoms with Crippen molar-refractivity contribution in [3.63, 3.8) is 0 Å². The number of aromatic hydroxyl groups is 1. The maximum atomic E-state index is 12.4. The molecule has 0 bridgehead atoms. The van der Waals surface area contributed by atoms with Crippen LogP contribution in [0.5, 0.6) is 5.75 Å². The lowest BCUT2D eigenvalue weighted by Crippen LogP contribution is -2.42. The minimum atomic E-state index is -1.28. The third kappa shape index (κ3) is 4.34. The SMILES string of the molecule is O=C(N[C@@H](Cc1cc(Cl)ccc1O)C(=O)O)OCC1c2ccccc2-c2ccccc21. The summed E-state index contributed by atoms with van der Waals surface area (Å²) in [5, 5.41) is 22.2. The van der Waals surface area contributed by atoms with Crippen LogP contribution in [0.3, 0.4) is 0 Å². The summed E-state index contributed by atoms with van der Waals surface area (Å²) in [5.74, 6) is -1.46. The Morgan fingerprint density at radius 3 is 2.23 bits per heavy atom. The van der Waals surface area contributed by atoms with Gasteiger partial charge in [-0.25, -0.2) is 9.59 Å². The molecule has 3 N–H and O–H groups in total. The van der Waals surface area contributed by atoms with Gasteiger partial charge in [0.25, 0.3) is 0 Å². The molecule has 1 aliphatic carbocycles. The highest BCUT2D eigenvalue weighted by Gasteiger charge is 2.30. The van der Waals surface area contributed by atoms with Crippen LogP contribution in [0.25, 0.3) is 11.1 Å². The number of hydrogen-bond donors (Lipinski definition) is 3. The molecule has 0 aromatic heterocycles. The van der Waals surface area contributed by atoms with Crippen LogP contribution in [0.15, 0.2) is 66.7 Å². The fourth-order valence-electron chi connectivity index (χ4n) is 3.92. The standard InChI is InChI=1S/C24H20ClNO5/c25-15-9-10-22(27)14(11-15)12-21(23(28)29)26-24(30)31-13-20-18-7-3-1-5-16(18)17-6-2-4-8-19(17)20/h1-11,20-21,27H,12-13H2,(H,26,30)(H,28,29)/t21-/m0/s1. The second-order valence-electron chi connectivity index (χ2n) is 7.34. The predicted molar refractivity (Wildman–Crippen MR) is 116 cm³/mol. The van der Waals surface area contributed by atoms with E-state index in [1.807, 2.05) is 48.5 Å². The van der Waals surface area contributed by atoms with Gasteiger partial charge >= 0.3 is 12.1 Å². The van der Waals surface area contributed by atoms with Gasteiger partial charge in [-0.15, -0.1) is 0 Å². The topological polar surface area (TPSA) is 95.9 Å². The Bertz CT molecular complexity index is 1100. The van der Waals surface area contributed by atoms with Crippen molar-refractivity contribution < 1.29 is 24.5 Å². The lowest BCUT2D eigenvalue weighted by atomic mass is 9.98. The summed E-state index contributed by atoms with van der Waals surface area (Å²) < 4.78 is 5.41. The lowest BCUT2D eigenvalue weighted by molar-refractivity contribution is -0.139. The van der Waals surface area contributed by atoms with Gasteiger partial charge in [0.2, 0.25) is 0 Å². The average Bonchev–Trinajstić information content (AvgIpc) is 3.08. The van der Waals surface area contributed by atoms with Crippen LogP contribution < -0.4 is 5.32 Å². The molecule has 0 saturated carbocycles. The smallest absolute Gasteiger partial charge is 0.407 e. The van der Waals surface area contributed by atoms with Gasteiger partial charge in [0.05, 0.1) is 0 Å². The molecular formula is C24H20ClNO5. The van der Waals surface area contributed by atoms with E-state index in [0.29, 0.717) is 10.6 Å². The average molecular weight is 438 g/mol. The van der Waals surface area contributed by atoms with Gasteiger partial charge in [-0.1, -0.05) is 60.1 Å². The number of nitrogens with one attached hydrogen (secondary N) is 1. The van der Waals surface area contributed by atoms with E-state index < -0.39 is 18.1 Å². The zero-order valence-corrected chi connectivity index (χ0v) is 17.2. The maximum Gasteiger partial charge on any atom is 0.407 e. The number of hydrogen-bond acceptors (Lipinski definition) is 4. The number of halogens is 1. The van der Waals surface area contributed by atoms with Gasteiger partial charge in [-0.2, -0.15) is 0 Å². The number of phenols is 1. The number of carboxylic acid groups (broad SMARTS) is 1. The highest BCUT2D eigenvalue weighted by molar-refractivity contribution is 6.30. The number of benzene rings is 3. The first-order chi connectivity index (χ1) is 14.9. The molecule has 3 aromatic carbocycles. The number of carboxylic acids is 1. The summed E-state index contributed by atoms with van der Waals surface area (Å²) >= 11 is 5.92. The Labute approximate surface area is 184 Å². The van der Waals surface area contributed by atoms with Gasteiger partial charge < -0.3 is 20.3 Å². The number of ether oxygens (including phenoxy) is 1. The highest BCUT2D eigenvalue weighted by Crippen LogP contribution is 2.44. The Morgan fingerprint density at radius 1 is 1.00 bits per heavy atom. The minimum Gasteiger partial charge on any atom is -0.508 e. The lowest BCUT2D eigenvalue weighted by Gasteiger charge is -2.18. The van der Waals surface area contributed by atoms with Gasteiger partial charge in [-0.05, 0) is 46.0 Å². The first-order valence-corrected chi connectivity index (χ1v) is 10.1. The molecule has 1 atom stereocenters. The van der Waals surface area contributed by atoms with Crippen LogP contribution in [-0.2, 0) is 16.0 Å². The number of aliphatic carboxylic acids is 1. The van der Waals surface area contributed by atoms with Crippen molar-refractivity contribution in [2.75, 3.05) is 6.61 Å². The minimum absolute atomic E-state index is 0.0780. The molecule has 158 valence electrons. The zero-order valence-electron chi connectivity index (χ0n) is 16.4. The molecule has 7 heteroatoms. The third-order valence-corrected chi connectivity index (χ3v) is 5.63. The molecular weight excluding hydrogens is 418 g/mol. The van der Waals surface area contributed by atoms with E-state index in [2.05, 4.69) is 5.32 Å². The van der Waals surface area contributed by atoms with Crippen LogP contribution >= 0.6 is 11.6 Å². The Kier molecular flexibility index (Phi) is 5.82. The quantitative estimate of drug-likeness (QED) is 0.524. The van der Waals surface area contributed by atoms with Crippen LogP contribution in [0.2, 0.25) is 5.02 Å². The van der Waals surface area contributed by atoms with Gasteiger partial charge in [0.1, 0.15) is 18.4 Å². The molecule has 4 rings (SSSR count). The van der Waals surface area contributed by atoms with Crippen molar-refractivity contribution in [2.24, 2.45) is 0 Å². The third-order valence-electron chi connectivity index (χ3n) is 5.40. The number of phenolic OH excluding ortho intramolecular Hbond substituents is 1. The molecule has 0 radical (unpaired) electrons. The second-order valence-corrected chi connectivity index (χ2v) is 7.77. The monoisotopic (exact) mass is 437 g/mol.